The summed E-state index contributed by atoms with van der Waals surface area (Å²) >= 11 is 0. The van der Waals surface area contributed by atoms with E-state index in [-0.39, 0.29) is 0 Å². The highest BCUT2D eigenvalue weighted by molar-refractivity contribution is 6.33. The zero-order valence-corrected chi connectivity index (χ0v) is 81.3. The second-order valence-electron chi connectivity index (χ2n) is 40.5. The lowest BCUT2D eigenvalue weighted by Gasteiger charge is -2.16. The van der Waals surface area contributed by atoms with Gasteiger partial charge in [-0.2, -0.15) is 0 Å². The van der Waals surface area contributed by atoms with Crippen LogP contribution in [-0.4, -0.2) is 4.57 Å². The summed E-state index contributed by atoms with van der Waals surface area (Å²) in [6.07, 6.45) is 0. The third kappa shape index (κ3) is 13.2. The van der Waals surface area contributed by atoms with Gasteiger partial charge in [0.25, 0.3) is 0 Å². The molecule has 149 heavy (non-hydrogen) atoms. The van der Waals surface area contributed by atoms with Gasteiger partial charge >= 0.3 is 0 Å². The molecule has 0 amide bonds. The maximum Gasteiger partial charge on any atom is 0.0541 e. The molecule has 29 aromatic carbocycles. The fourth-order valence-corrected chi connectivity index (χ4v) is 26.0. The van der Waals surface area contributed by atoms with E-state index < -0.39 is 0 Å². The highest BCUT2D eigenvalue weighted by Crippen LogP contribution is 2.59. The maximum absolute atomic E-state index is 2.44. The molecule has 0 saturated carbocycles. The Morgan fingerprint density at radius 2 is 0.336 bits per heavy atom. The van der Waals surface area contributed by atoms with Crippen molar-refractivity contribution in [3.8, 4) is 161 Å². The van der Waals surface area contributed by atoms with Crippen LogP contribution in [0.5, 0.6) is 0 Å². The molecule has 0 radical (unpaired) electrons. The fourth-order valence-electron chi connectivity index (χ4n) is 26.0. The van der Waals surface area contributed by atoms with Crippen molar-refractivity contribution < 1.29 is 0 Å². The largest absolute Gasteiger partial charge is 0.309 e. The highest BCUT2D eigenvalue weighted by atomic mass is 15.0. The normalized spacial score (nSPS) is 12.0. The molecule has 0 spiro atoms. The molecule has 0 N–H and O–H groups in total. The van der Waals surface area contributed by atoms with Crippen molar-refractivity contribution in [1.29, 1.82) is 0 Å². The molecular formula is C148H89N. The summed E-state index contributed by atoms with van der Waals surface area (Å²) in [6, 6.07) is 199. The van der Waals surface area contributed by atoms with Crippen LogP contribution in [0.4, 0.5) is 0 Å². The van der Waals surface area contributed by atoms with Gasteiger partial charge in [0.1, 0.15) is 0 Å². The number of aromatic nitrogens is 1. The zero-order valence-electron chi connectivity index (χ0n) is 81.3. The van der Waals surface area contributed by atoms with Gasteiger partial charge < -0.3 is 4.57 Å². The van der Waals surface area contributed by atoms with Crippen molar-refractivity contribution in [3.05, 3.63) is 540 Å². The van der Waals surface area contributed by atoms with Gasteiger partial charge in [-0.1, -0.05) is 485 Å². The molecule has 0 aliphatic heterocycles. The van der Waals surface area contributed by atoms with Gasteiger partial charge in [0.05, 0.1) is 16.7 Å². The standard InChI is InChI=1S/C46H28.C38H23N.C34H20.C30H18/c1-2-9-31-25-34(16-15-29(31)7-1)36-20-19-35-26-33(17-18-37(35)27-36)32-10-5-11-38(28-32)39-23-24-44-45-40-12-4-3-8-30(40)21-22-43(45)42-14-6-13-41(39)46(42)44;1-2-11-25-24(10-1)20-21-32-31-16-9-15-30-26(22-23-33(37(25)32)38(30)31)27-12-3-6-17-34(27)39-35-18-7-4-13-28(35)29-14-5-8-19-36(29)39;1-2-9-22-20-23(17-16-21(22)8-1)24-18-19-31-32-27(24)14-7-15-30(32)33-28-12-5-3-10-25(28)26-11-4-6-13-29(26)34(31)33;1-2-8-21-18-22(13-12-19(21)6-1)23-16-17-28-29-24-9-4-3-7-20(24)14-15-27(29)26-11-5-10-25(23)30(26)28/h1-28H;1-23H;1-20H;1-18H. The molecule has 0 unspecified atom stereocenters. The Balaban J connectivity index is 0.0000000906. The average Bonchev–Trinajstić information content (AvgIpc) is 1.53. The first-order chi connectivity index (χ1) is 73.9. The summed E-state index contributed by atoms with van der Waals surface area (Å²) in [5.41, 5.74) is 40.5. The van der Waals surface area contributed by atoms with Crippen molar-refractivity contribution in [2.24, 2.45) is 0 Å². The maximum atomic E-state index is 2.44. The van der Waals surface area contributed by atoms with Crippen LogP contribution in [0.1, 0.15) is 0 Å². The Kier molecular flexibility index (Phi) is 19.0. The van der Waals surface area contributed by atoms with Crippen LogP contribution < -0.4 is 0 Å². The molecule has 1 heteroatoms. The number of benzene rings is 29. The van der Waals surface area contributed by atoms with E-state index in [1.165, 1.54) is 323 Å². The summed E-state index contributed by atoms with van der Waals surface area (Å²) in [5, 5.41) is 36.7. The smallest absolute Gasteiger partial charge is 0.0541 e. The average molecular weight is 1880 g/mol. The number of hydrogen-bond acceptors (Lipinski definition) is 0. The van der Waals surface area contributed by atoms with Gasteiger partial charge in [0.15, 0.2) is 0 Å². The first-order valence-corrected chi connectivity index (χ1v) is 51.9. The number of nitrogens with zero attached hydrogens (tertiary/aromatic N) is 1. The molecule has 4 aliphatic carbocycles. The number of hydrogen-bond donors (Lipinski definition) is 0. The minimum Gasteiger partial charge on any atom is -0.309 e. The van der Waals surface area contributed by atoms with Crippen molar-refractivity contribution in [1.82, 2.24) is 4.57 Å². The van der Waals surface area contributed by atoms with Crippen molar-refractivity contribution in [2.45, 2.75) is 0 Å². The Hall–Kier alpha value is -19.4. The van der Waals surface area contributed by atoms with E-state index in [9.17, 15) is 0 Å². The van der Waals surface area contributed by atoms with Crippen LogP contribution in [0.2, 0.25) is 0 Å². The molecule has 0 bridgehead atoms. The monoisotopic (exact) mass is 1880 g/mol. The van der Waals surface area contributed by atoms with E-state index in [4.69, 9.17) is 0 Å². The van der Waals surface area contributed by atoms with Crippen LogP contribution in [0.3, 0.4) is 0 Å². The molecule has 4 aliphatic rings. The van der Waals surface area contributed by atoms with Crippen LogP contribution in [0.15, 0.2) is 540 Å². The highest BCUT2D eigenvalue weighted by Gasteiger charge is 2.32. The van der Waals surface area contributed by atoms with Gasteiger partial charge in [0.2, 0.25) is 0 Å². The second kappa shape index (κ2) is 33.6. The molecule has 1 heterocycles. The molecule has 0 fully saturated rings. The van der Waals surface area contributed by atoms with E-state index >= 15 is 0 Å². The molecule has 0 saturated heterocycles. The molecule has 30 aromatic rings. The third-order valence-corrected chi connectivity index (χ3v) is 32.7. The van der Waals surface area contributed by atoms with Crippen molar-refractivity contribution >= 4 is 162 Å². The molecule has 1 nitrogen and oxygen atoms in total. The third-order valence-electron chi connectivity index (χ3n) is 32.7. The van der Waals surface area contributed by atoms with Crippen LogP contribution in [-0.2, 0) is 0 Å². The van der Waals surface area contributed by atoms with Gasteiger partial charge in [-0.15, -0.1) is 0 Å². The Bertz CT molecular complexity index is 10900. The SMILES string of the molecule is c1cc(-c2ccc3cc(-c4ccc5ccccc5c4)ccc3c2)cc(-c2ccc3c4c(cccc24)-c2ccc4ccccc4c2-3)c1.c1ccc(-n2c3ccccc3c3ccccc32)c(-c2ccc3c4c(cccc24)-c2ccc4ccccc4c2-3)c1.c1ccc2cc(-c3ccc4c5c(cccc35)-c3c-4c4ccccc4c4ccccc34)ccc2c1.c1ccc2cc(-c3ccc4c5c(cccc35)-c3ccc5ccccc5c3-4)ccc2c1. The summed E-state index contributed by atoms with van der Waals surface area (Å²) in [5.74, 6) is 0. The Labute approximate surface area is 861 Å². The first kappa shape index (κ1) is 84.1. The van der Waals surface area contributed by atoms with Gasteiger partial charge in [-0.05, 0) is 345 Å². The minimum absolute atomic E-state index is 1.21. The summed E-state index contributed by atoms with van der Waals surface area (Å²) in [6.45, 7) is 0. The topological polar surface area (TPSA) is 4.93 Å². The predicted molar refractivity (Wildman–Crippen MR) is 638 cm³/mol. The first-order valence-electron chi connectivity index (χ1n) is 51.9. The van der Waals surface area contributed by atoms with E-state index in [0.717, 1.165) is 0 Å². The second-order valence-corrected chi connectivity index (χ2v) is 40.5. The molecule has 34 rings (SSSR count). The van der Waals surface area contributed by atoms with Gasteiger partial charge in [-0.3, -0.25) is 0 Å². The number of para-hydroxylation sites is 3. The molecular weight excluding hydrogens is 1790 g/mol. The lowest BCUT2D eigenvalue weighted by molar-refractivity contribution is 1.18. The van der Waals surface area contributed by atoms with Crippen LogP contribution in [0, 0.1) is 0 Å². The predicted octanol–water partition coefficient (Wildman–Crippen LogP) is 41.4. The van der Waals surface area contributed by atoms with E-state index in [1.807, 2.05) is 0 Å². The van der Waals surface area contributed by atoms with E-state index in [1.54, 1.807) is 0 Å². The summed E-state index contributed by atoms with van der Waals surface area (Å²) in [7, 11) is 0. The zero-order chi connectivity index (χ0) is 97.6. The van der Waals surface area contributed by atoms with Crippen molar-refractivity contribution in [3.63, 3.8) is 0 Å². The summed E-state index contributed by atoms with van der Waals surface area (Å²) < 4.78 is 2.44. The Morgan fingerprint density at radius 1 is 0.101 bits per heavy atom. The van der Waals surface area contributed by atoms with Crippen LogP contribution >= 0.6 is 0 Å². The Morgan fingerprint density at radius 3 is 0.758 bits per heavy atom. The fraction of sp³-hybridized carbons (Fsp3) is 0. The lowest BCUT2D eigenvalue weighted by atomic mass is 9.90. The van der Waals surface area contributed by atoms with Gasteiger partial charge in [0, 0.05) is 16.3 Å². The van der Waals surface area contributed by atoms with Crippen molar-refractivity contribution in [2.75, 3.05) is 0 Å². The minimum atomic E-state index is 1.21. The molecule has 0 atom stereocenters. The van der Waals surface area contributed by atoms with Gasteiger partial charge in [-0.25, -0.2) is 0 Å². The number of rotatable bonds is 7. The van der Waals surface area contributed by atoms with Crippen LogP contribution in [0.25, 0.3) is 323 Å². The summed E-state index contributed by atoms with van der Waals surface area (Å²) in [4.78, 5) is 0. The van der Waals surface area contributed by atoms with E-state index in [0.29, 0.717) is 0 Å². The number of fused-ring (bicyclic) bond motifs is 30. The molecule has 1 aromatic heterocycles. The lowest BCUT2D eigenvalue weighted by Crippen LogP contribution is -1.97. The van der Waals surface area contributed by atoms with E-state index in [2.05, 4.69) is 544 Å². The quantitative estimate of drug-likeness (QED) is 0.140. The molecule has 686 valence electrons.